The van der Waals surface area contributed by atoms with Crippen LogP contribution in [0.3, 0.4) is 0 Å². The van der Waals surface area contributed by atoms with E-state index in [-0.39, 0.29) is 12.7 Å². The zero-order chi connectivity index (χ0) is 9.14. The molecule has 1 heterocycles. The summed E-state index contributed by atoms with van der Waals surface area (Å²) < 4.78 is 5.76. The van der Waals surface area contributed by atoms with E-state index in [1.54, 1.807) is 0 Å². The average molecular weight is 172 g/mol. The van der Waals surface area contributed by atoms with E-state index in [0.717, 1.165) is 6.42 Å². The summed E-state index contributed by atoms with van der Waals surface area (Å²) >= 11 is 0. The summed E-state index contributed by atoms with van der Waals surface area (Å²) in [4.78, 5) is 0. The van der Waals surface area contributed by atoms with Crippen molar-refractivity contribution in [3.8, 4) is 0 Å². The fourth-order valence-corrected chi connectivity index (χ4v) is 1.99. The third-order valence-corrected chi connectivity index (χ3v) is 2.72. The monoisotopic (exact) mass is 172 g/mol. The molecule has 0 aromatic carbocycles. The van der Waals surface area contributed by atoms with E-state index >= 15 is 0 Å². The highest BCUT2D eigenvalue weighted by molar-refractivity contribution is 4.78. The molecule has 12 heavy (non-hydrogen) atoms. The fourth-order valence-electron chi connectivity index (χ4n) is 1.99. The van der Waals surface area contributed by atoms with Crippen molar-refractivity contribution in [1.29, 1.82) is 0 Å². The Kier molecular flexibility index (Phi) is 3.53. The molecular formula is C10H20O2. The van der Waals surface area contributed by atoms with Crippen LogP contribution in [0.2, 0.25) is 0 Å². The van der Waals surface area contributed by atoms with Gasteiger partial charge >= 0.3 is 0 Å². The summed E-state index contributed by atoms with van der Waals surface area (Å²) in [5.41, 5.74) is 0. The largest absolute Gasteiger partial charge is 0.394 e. The van der Waals surface area contributed by atoms with Crippen molar-refractivity contribution in [3.05, 3.63) is 0 Å². The molecule has 1 N–H and O–H groups in total. The quantitative estimate of drug-likeness (QED) is 0.688. The molecule has 0 aromatic rings. The van der Waals surface area contributed by atoms with E-state index in [0.29, 0.717) is 17.9 Å². The van der Waals surface area contributed by atoms with Gasteiger partial charge in [0, 0.05) is 0 Å². The van der Waals surface area contributed by atoms with Crippen LogP contribution >= 0.6 is 0 Å². The van der Waals surface area contributed by atoms with Gasteiger partial charge in [0.2, 0.25) is 0 Å². The van der Waals surface area contributed by atoms with Gasteiger partial charge in [-0.1, -0.05) is 20.8 Å². The molecule has 0 saturated carbocycles. The fraction of sp³-hybridized carbons (Fsp3) is 1.00. The van der Waals surface area contributed by atoms with Gasteiger partial charge in [0.05, 0.1) is 18.8 Å². The Hall–Kier alpha value is -0.0800. The maximum atomic E-state index is 8.95. The standard InChI is InChI=1S/C10H20O2/c1-7(2)10-8(3)4-5-9(6-11)12-10/h7-11H,4-6H2,1-3H3/t8-,9-,10+/m0/s1. The SMILES string of the molecule is CC(C)[C@H]1O[C@H](CO)CC[C@@H]1C. The van der Waals surface area contributed by atoms with Crippen molar-refractivity contribution in [2.75, 3.05) is 6.61 Å². The predicted octanol–water partition coefficient (Wildman–Crippen LogP) is 1.82. The maximum Gasteiger partial charge on any atom is 0.0809 e. The van der Waals surface area contributed by atoms with Crippen molar-refractivity contribution in [2.24, 2.45) is 11.8 Å². The first-order valence-corrected chi connectivity index (χ1v) is 4.91. The van der Waals surface area contributed by atoms with Crippen LogP contribution in [0.15, 0.2) is 0 Å². The first-order valence-electron chi connectivity index (χ1n) is 4.91. The van der Waals surface area contributed by atoms with Gasteiger partial charge in [-0.25, -0.2) is 0 Å². The highest BCUT2D eigenvalue weighted by Crippen LogP contribution is 2.28. The van der Waals surface area contributed by atoms with Crippen molar-refractivity contribution in [1.82, 2.24) is 0 Å². The lowest BCUT2D eigenvalue weighted by Crippen LogP contribution is -2.38. The second-order valence-corrected chi connectivity index (χ2v) is 4.20. The van der Waals surface area contributed by atoms with E-state index in [1.807, 2.05) is 0 Å². The summed E-state index contributed by atoms with van der Waals surface area (Å²) in [6.45, 7) is 6.77. The van der Waals surface area contributed by atoms with Crippen LogP contribution in [0.4, 0.5) is 0 Å². The first kappa shape index (κ1) is 10.0. The lowest BCUT2D eigenvalue weighted by molar-refractivity contribution is -0.115. The molecular weight excluding hydrogens is 152 g/mol. The molecule has 0 aliphatic carbocycles. The molecule has 3 atom stereocenters. The molecule has 72 valence electrons. The molecule has 1 rings (SSSR count). The molecule has 0 aromatic heterocycles. The Labute approximate surface area is 74.9 Å². The third-order valence-electron chi connectivity index (χ3n) is 2.72. The van der Waals surface area contributed by atoms with Crippen molar-refractivity contribution < 1.29 is 9.84 Å². The molecule has 0 spiro atoms. The summed E-state index contributed by atoms with van der Waals surface area (Å²) in [6.07, 6.45) is 2.64. The molecule has 0 bridgehead atoms. The number of ether oxygens (including phenoxy) is 1. The van der Waals surface area contributed by atoms with E-state index in [1.165, 1.54) is 6.42 Å². The lowest BCUT2D eigenvalue weighted by atomic mass is 9.87. The van der Waals surface area contributed by atoms with E-state index in [2.05, 4.69) is 20.8 Å². The van der Waals surface area contributed by atoms with Gasteiger partial charge < -0.3 is 9.84 Å². The van der Waals surface area contributed by atoms with E-state index < -0.39 is 0 Å². The van der Waals surface area contributed by atoms with Gasteiger partial charge in [-0.2, -0.15) is 0 Å². The molecule has 1 aliphatic rings. The highest BCUT2D eigenvalue weighted by atomic mass is 16.5. The number of aliphatic hydroxyl groups excluding tert-OH is 1. The summed E-state index contributed by atoms with van der Waals surface area (Å²) in [6, 6.07) is 0. The summed E-state index contributed by atoms with van der Waals surface area (Å²) in [7, 11) is 0. The zero-order valence-corrected chi connectivity index (χ0v) is 8.29. The molecule has 0 unspecified atom stereocenters. The number of hydrogen-bond acceptors (Lipinski definition) is 2. The molecule has 1 aliphatic heterocycles. The van der Waals surface area contributed by atoms with Crippen LogP contribution in [0.5, 0.6) is 0 Å². The minimum atomic E-state index is 0.0913. The van der Waals surface area contributed by atoms with Gasteiger partial charge in [0.25, 0.3) is 0 Å². The van der Waals surface area contributed by atoms with Gasteiger partial charge in [-0.15, -0.1) is 0 Å². The van der Waals surface area contributed by atoms with Crippen LogP contribution in [0.25, 0.3) is 0 Å². The molecule has 1 saturated heterocycles. The molecule has 2 heteroatoms. The number of aliphatic hydroxyl groups is 1. The van der Waals surface area contributed by atoms with Gasteiger partial charge in [-0.05, 0) is 24.7 Å². The summed E-state index contributed by atoms with van der Waals surface area (Å²) in [5, 5.41) is 8.95. The predicted molar refractivity (Wildman–Crippen MR) is 49.0 cm³/mol. The Bertz CT molecular complexity index is 134. The highest BCUT2D eigenvalue weighted by Gasteiger charge is 2.29. The van der Waals surface area contributed by atoms with Gasteiger partial charge in [-0.3, -0.25) is 0 Å². The Morgan fingerprint density at radius 1 is 1.42 bits per heavy atom. The van der Waals surface area contributed by atoms with Crippen LogP contribution in [0.1, 0.15) is 33.6 Å². The number of rotatable bonds is 2. The maximum absolute atomic E-state index is 8.95. The van der Waals surface area contributed by atoms with Crippen molar-refractivity contribution >= 4 is 0 Å². The molecule has 0 radical (unpaired) electrons. The smallest absolute Gasteiger partial charge is 0.0809 e. The van der Waals surface area contributed by atoms with Gasteiger partial charge in [0.15, 0.2) is 0 Å². The second-order valence-electron chi connectivity index (χ2n) is 4.20. The van der Waals surface area contributed by atoms with Gasteiger partial charge in [0.1, 0.15) is 0 Å². The Morgan fingerprint density at radius 3 is 2.58 bits per heavy atom. The van der Waals surface area contributed by atoms with Crippen molar-refractivity contribution in [2.45, 2.75) is 45.8 Å². The third kappa shape index (κ3) is 2.20. The topological polar surface area (TPSA) is 29.5 Å². The first-order chi connectivity index (χ1) is 5.65. The zero-order valence-electron chi connectivity index (χ0n) is 8.29. The minimum Gasteiger partial charge on any atom is -0.394 e. The normalized spacial score (nSPS) is 37.2. The Balaban J connectivity index is 2.47. The van der Waals surface area contributed by atoms with Crippen LogP contribution in [-0.4, -0.2) is 23.9 Å². The second kappa shape index (κ2) is 4.24. The average Bonchev–Trinajstić information content (AvgIpc) is 2.05. The van der Waals surface area contributed by atoms with Crippen molar-refractivity contribution in [3.63, 3.8) is 0 Å². The van der Waals surface area contributed by atoms with E-state index in [4.69, 9.17) is 9.84 Å². The molecule has 0 amide bonds. The molecule has 2 nitrogen and oxygen atoms in total. The summed E-state index contributed by atoms with van der Waals surface area (Å²) in [5.74, 6) is 1.21. The van der Waals surface area contributed by atoms with Crippen LogP contribution in [0, 0.1) is 11.8 Å². The van der Waals surface area contributed by atoms with Crippen LogP contribution < -0.4 is 0 Å². The minimum absolute atomic E-state index is 0.0913. The molecule has 1 fully saturated rings. The number of hydrogen-bond donors (Lipinski definition) is 1. The lowest BCUT2D eigenvalue weighted by Gasteiger charge is -2.36. The Morgan fingerprint density at radius 2 is 2.08 bits per heavy atom. The van der Waals surface area contributed by atoms with E-state index in [9.17, 15) is 0 Å². The van der Waals surface area contributed by atoms with Crippen LogP contribution in [-0.2, 0) is 4.74 Å².